The zero-order valence-electron chi connectivity index (χ0n) is 14.7. The SMILES string of the molecule is CCC(CC)N(CCO)CC(=O)NC(C)CCCC(C)C. The van der Waals surface area contributed by atoms with Crippen LogP contribution < -0.4 is 5.32 Å². The third kappa shape index (κ3) is 9.86. The number of aliphatic hydroxyl groups is 1. The molecule has 0 saturated carbocycles. The Hall–Kier alpha value is -0.610. The summed E-state index contributed by atoms with van der Waals surface area (Å²) in [7, 11) is 0. The maximum absolute atomic E-state index is 12.1. The van der Waals surface area contributed by atoms with Crippen LogP contribution in [0.25, 0.3) is 0 Å². The highest BCUT2D eigenvalue weighted by Crippen LogP contribution is 2.09. The Morgan fingerprint density at radius 1 is 1.14 bits per heavy atom. The summed E-state index contributed by atoms with van der Waals surface area (Å²) in [5.41, 5.74) is 0. The van der Waals surface area contributed by atoms with E-state index in [9.17, 15) is 4.79 Å². The Bertz CT molecular complexity index is 266. The largest absolute Gasteiger partial charge is 0.395 e. The Labute approximate surface area is 131 Å². The maximum atomic E-state index is 12.1. The first-order chi connectivity index (χ1) is 9.94. The third-order valence-corrected chi connectivity index (χ3v) is 4.02. The highest BCUT2D eigenvalue weighted by molar-refractivity contribution is 5.78. The fourth-order valence-electron chi connectivity index (χ4n) is 2.73. The van der Waals surface area contributed by atoms with Crippen molar-refractivity contribution < 1.29 is 9.90 Å². The Kier molecular flexibility index (Phi) is 11.6. The third-order valence-electron chi connectivity index (χ3n) is 4.02. The fourth-order valence-corrected chi connectivity index (χ4v) is 2.73. The minimum absolute atomic E-state index is 0.0763. The summed E-state index contributed by atoms with van der Waals surface area (Å²) in [4.78, 5) is 14.2. The molecule has 2 N–H and O–H groups in total. The van der Waals surface area contributed by atoms with Crippen molar-refractivity contribution in [2.75, 3.05) is 19.7 Å². The van der Waals surface area contributed by atoms with Crippen molar-refractivity contribution in [2.45, 2.75) is 78.8 Å². The lowest BCUT2D eigenvalue weighted by Gasteiger charge is -2.29. The summed E-state index contributed by atoms with van der Waals surface area (Å²) >= 11 is 0. The van der Waals surface area contributed by atoms with Gasteiger partial charge in [0.05, 0.1) is 13.2 Å². The predicted molar refractivity (Wildman–Crippen MR) is 89.3 cm³/mol. The lowest BCUT2D eigenvalue weighted by Crippen LogP contribution is -2.45. The number of amides is 1. The molecule has 0 saturated heterocycles. The molecule has 4 heteroatoms. The highest BCUT2D eigenvalue weighted by Gasteiger charge is 2.18. The Morgan fingerprint density at radius 2 is 1.76 bits per heavy atom. The average molecular weight is 300 g/mol. The molecule has 0 aliphatic heterocycles. The molecule has 0 rings (SSSR count). The Morgan fingerprint density at radius 3 is 2.24 bits per heavy atom. The second-order valence-corrected chi connectivity index (χ2v) is 6.46. The molecule has 0 aliphatic rings. The van der Waals surface area contributed by atoms with Crippen molar-refractivity contribution in [2.24, 2.45) is 5.92 Å². The molecule has 4 nitrogen and oxygen atoms in total. The molecule has 1 unspecified atom stereocenters. The minimum atomic E-state index is 0.0763. The van der Waals surface area contributed by atoms with E-state index in [1.54, 1.807) is 0 Å². The molecule has 0 spiro atoms. The van der Waals surface area contributed by atoms with E-state index in [-0.39, 0.29) is 18.6 Å². The van der Waals surface area contributed by atoms with Gasteiger partial charge in [-0.25, -0.2) is 0 Å². The van der Waals surface area contributed by atoms with E-state index in [4.69, 9.17) is 5.11 Å². The first kappa shape index (κ1) is 20.4. The molecule has 0 fully saturated rings. The van der Waals surface area contributed by atoms with Crippen molar-refractivity contribution in [1.82, 2.24) is 10.2 Å². The van der Waals surface area contributed by atoms with Gasteiger partial charge in [-0.05, 0) is 32.1 Å². The summed E-state index contributed by atoms with van der Waals surface area (Å²) in [6, 6.07) is 0.605. The topological polar surface area (TPSA) is 52.6 Å². The summed E-state index contributed by atoms with van der Waals surface area (Å²) in [5, 5.41) is 12.2. The second-order valence-electron chi connectivity index (χ2n) is 6.46. The van der Waals surface area contributed by atoms with E-state index in [1.165, 1.54) is 6.42 Å². The van der Waals surface area contributed by atoms with E-state index in [0.717, 1.165) is 31.6 Å². The standard InChI is InChI=1S/C17H36N2O2/c1-6-16(7-2)19(11-12-20)13-17(21)18-15(5)10-8-9-14(3)4/h14-16,20H,6-13H2,1-5H3,(H,18,21). The number of carbonyl (C=O) groups excluding carboxylic acids is 1. The fraction of sp³-hybridized carbons (Fsp3) is 0.941. The summed E-state index contributed by atoms with van der Waals surface area (Å²) in [6.07, 6.45) is 5.42. The van der Waals surface area contributed by atoms with Crippen LogP contribution in [0.3, 0.4) is 0 Å². The molecule has 1 atom stereocenters. The number of rotatable bonds is 12. The average Bonchev–Trinajstić information content (AvgIpc) is 2.39. The van der Waals surface area contributed by atoms with Crippen LogP contribution in [0, 0.1) is 5.92 Å². The minimum Gasteiger partial charge on any atom is -0.395 e. The van der Waals surface area contributed by atoms with Crippen LogP contribution in [-0.2, 0) is 4.79 Å². The predicted octanol–water partition coefficient (Wildman–Crippen LogP) is 2.80. The van der Waals surface area contributed by atoms with Crippen molar-refractivity contribution in [3.05, 3.63) is 0 Å². The lowest BCUT2D eigenvalue weighted by atomic mass is 10.0. The number of nitrogens with one attached hydrogen (secondary N) is 1. The smallest absolute Gasteiger partial charge is 0.234 e. The molecule has 0 heterocycles. The number of nitrogens with zero attached hydrogens (tertiary/aromatic N) is 1. The number of aliphatic hydroxyl groups excluding tert-OH is 1. The van der Waals surface area contributed by atoms with Gasteiger partial charge in [0, 0.05) is 18.6 Å². The van der Waals surface area contributed by atoms with Gasteiger partial charge in [-0.1, -0.05) is 40.5 Å². The molecule has 126 valence electrons. The van der Waals surface area contributed by atoms with Crippen molar-refractivity contribution in [3.8, 4) is 0 Å². The van der Waals surface area contributed by atoms with Gasteiger partial charge in [0.15, 0.2) is 0 Å². The molecular weight excluding hydrogens is 264 g/mol. The summed E-state index contributed by atoms with van der Waals surface area (Å²) < 4.78 is 0. The molecule has 21 heavy (non-hydrogen) atoms. The van der Waals surface area contributed by atoms with E-state index < -0.39 is 0 Å². The van der Waals surface area contributed by atoms with E-state index in [0.29, 0.717) is 19.1 Å². The summed E-state index contributed by atoms with van der Waals surface area (Å²) in [6.45, 7) is 11.9. The second kappa shape index (κ2) is 12.0. The van der Waals surface area contributed by atoms with E-state index in [2.05, 4.69) is 44.8 Å². The van der Waals surface area contributed by atoms with Gasteiger partial charge < -0.3 is 10.4 Å². The number of hydrogen-bond acceptors (Lipinski definition) is 3. The molecule has 0 bridgehead atoms. The summed E-state index contributed by atoms with van der Waals surface area (Å²) in [5.74, 6) is 0.801. The van der Waals surface area contributed by atoms with Gasteiger partial charge in [-0.2, -0.15) is 0 Å². The van der Waals surface area contributed by atoms with E-state index >= 15 is 0 Å². The van der Waals surface area contributed by atoms with Gasteiger partial charge in [-0.15, -0.1) is 0 Å². The Balaban J connectivity index is 4.17. The van der Waals surface area contributed by atoms with Gasteiger partial charge in [0.1, 0.15) is 0 Å². The van der Waals surface area contributed by atoms with Crippen molar-refractivity contribution >= 4 is 5.91 Å². The normalized spacial score (nSPS) is 13.2. The van der Waals surface area contributed by atoms with Crippen LogP contribution in [0.1, 0.15) is 66.7 Å². The van der Waals surface area contributed by atoms with Crippen molar-refractivity contribution in [3.63, 3.8) is 0 Å². The first-order valence-electron chi connectivity index (χ1n) is 8.58. The quantitative estimate of drug-likeness (QED) is 0.583. The monoisotopic (exact) mass is 300 g/mol. The van der Waals surface area contributed by atoms with Gasteiger partial charge in [-0.3, -0.25) is 9.69 Å². The molecule has 1 amide bonds. The van der Waals surface area contributed by atoms with Gasteiger partial charge in [0.25, 0.3) is 0 Å². The molecular formula is C17H36N2O2. The van der Waals surface area contributed by atoms with Crippen molar-refractivity contribution in [1.29, 1.82) is 0 Å². The van der Waals surface area contributed by atoms with Gasteiger partial charge >= 0.3 is 0 Å². The van der Waals surface area contributed by atoms with Crippen LogP contribution in [0.15, 0.2) is 0 Å². The molecule has 0 aromatic carbocycles. The van der Waals surface area contributed by atoms with Crippen LogP contribution in [0.5, 0.6) is 0 Å². The maximum Gasteiger partial charge on any atom is 0.234 e. The number of carbonyl (C=O) groups is 1. The van der Waals surface area contributed by atoms with Gasteiger partial charge in [0.2, 0.25) is 5.91 Å². The zero-order chi connectivity index (χ0) is 16.3. The van der Waals surface area contributed by atoms with E-state index in [1.807, 2.05) is 0 Å². The molecule has 0 aromatic rings. The number of hydrogen-bond donors (Lipinski definition) is 2. The first-order valence-corrected chi connectivity index (χ1v) is 8.58. The lowest BCUT2D eigenvalue weighted by molar-refractivity contribution is -0.123. The van der Waals surface area contributed by atoms with Crippen LogP contribution in [-0.4, -0.2) is 47.7 Å². The van der Waals surface area contributed by atoms with Crippen LogP contribution in [0.4, 0.5) is 0 Å². The highest BCUT2D eigenvalue weighted by atomic mass is 16.3. The molecule has 0 aromatic heterocycles. The molecule has 0 radical (unpaired) electrons. The zero-order valence-corrected chi connectivity index (χ0v) is 14.7. The van der Waals surface area contributed by atoms with Crippen LogP contribution in [0.2, 0.25) is 0 Å². The van der Waals surface area contributed by atoms with Crippen LogP contribution >= 0.6 is 0 Å². The molecule has 0 aliphatic carbocycles.